The highest BCUT2D eigenvalue weighted by Crippen LogP contribution is 2.19. The zero-order chi connectivity index (χ0) is 13.8. The first-order valence-corrected chi connectivity index (χ1v) is 6.35. The summed E-state index contributed by atoms with van der Waals surface area (Å²) in [6.45, 7) is 0.610. The summed E-state index contributed by atoms with van der Waals surface area (Å²) < 4.78 is 0. The molecule has 0 aliphatic rings. The van der Waals surface area contributed by atoms with E-state index in [4.69, 9.17) is 11.6 Å². The summed E-state index contributed by atoms with van der Waals surface area (Å²) in [6, 6.07) is 7.99. The van der Waals surface area contributed by atoms with Crippen LogP contribution in [0.25, 0.3) is 11.4 Å². The van der Waals surface area contributed by atoms with Crippen LogP contribution in [0.3, 0.4) is 0 Å². The normalized spacial score (nSPS) is 10.4. The number of nitrogens with zero attached hydrogens (tertiary/aromatic N) is 4. The van der Waals surface area contributed by atoms with Crippen LogP contribution < -0.4 is 5.32 Å². The van der Waals surface area contributed by atoms with E-state index >= 15 is 0 Å². The lowest BCUT2D eigenvalue weighted by Crippen LogP contribution is -2.02. The summed E-state index contributed by atoms with van der Waals surface area (Å²) in [5.41, 5.74) is 2.07. The smallest absolute Gasteiger partial charge is 0.155 e. The van der Waals surface area contributed by atoms with Crippen molar-refractivity contribution in [3.63, 3.8) is 0 Å². The molecule has 7 heteroatoms. The zero-order valence-corrected chi connectivity index (χ0v) is 11.2. The molecule has 0 atom stereocenters. The van der Waals surface area contributed by atoms with Gasteiger partial charge in [0, 0.05) is 12.1 Å². The molecule has 3 aromatic rings. The summed E-state index contributed by atoms with van der Waals surface area (Å²) in [6.07, 6.45) is 4.50. The fraction of sp³-hybridized carbons (Fsp3) is 0.0769. The van der Waals surface area contributed by atoms with Gasteiger partial charge < -0.3 is 5.32 Å². The minimum absolute atomic E-state index is 0.499. The number of H-pyrrole nitrogens is 1. The molecule has 0 radical (unpaired) electrons. The van der Waals surface area contributed by atoms with E-state index in [0.29, 0.717) is 17.4 Å². The topological polar surface area (TPSA) is 79.4 Å². The largest absolute Gasteiger partial charge is 0.365 e. The molecule has 1 aromatic carbocycles. The summed E-state index contributed by atoms with van der Waals surface area (Å²) in [5.74, 6) is 1.36. The molecular weight excluding hydrogens is 276 g/mol. The third-order valence-electron chi connectivity index (χ3n) is 2.74. The number of halogens is 1. The Labute approximate surface area is 120 Å². The van der Waals surface area contributed by atoms with Gasteiger partial charge in [-0.2, -0.15) is 5.10 Å². The van der Waals surface area contributed by atoms with Gasteiger partial charge in [-0.25, -0.2) is 15.0 Å². The number of nitrogens with one attached hydrogen (secondary N) is 2. The van der Waals surface area contributed by atoms with Crippen molar-refractivity contribution in [2.45, 2.75) is 6.54 Å². The van der Waals surface area contributed by atoms with Crippen LogP contribution in [0.4, 0.5) is 5.82 Å². The Kier molecular flexibility index (Phi) is 3.56. The number of hydrogen-bond donors (Lipinski definition) is 2. The SMILES string of the molecule is Clc1cncnc1NCc1cccc(-c2ncn[nH]2)c1. The standard InChI is InChI=1S/C13H11ClN6/c14-11-6-15-7-17-13(11)16-5-9-2-1-3-10(4-9)12-18-8-19-20-12/h1-4,6-8H,5H2,(H,15,16,17)(H,18,19,20). The van der Waals surface area contributed by atoms with Gasteiger partial charge in [-0.1, -0.05) is 29.8 Å². The van der Waals surface area contributed by atoms with Crippen molar-refractivity contribution in [3.05, 3.63) is 53.7 Å². The number of benzene rings is 1. The average molecular weight is 287 g/mol. The maximum atomic E-state index is 5.99. The van der Waals surface area contributed by atoms with E-state index in [2.05, 4.69) is 30.5 Å². The number of aromatic nitrogens is 5. The molecule has 2 heterocycles. The summed E-state index contributed by atoms with van der Waals surface area (Å²) in [4.78, 5) is 12.1. The summed E-state index contributed by atoms with van der Waals surface area (Å²) in [7, 11) is 0. The molecule has 6 nitrogen and oxygen atoms in total. The minimum atomic E-state index is 0.499. The fourth-order valence-corrected chi connectivity index (χ4v) is 1.97. The maximum Gasteiger partial charge on any atom is 0.155 e. The molecule has 0 unspecified atom stereocenters. The van der Waals surface area contributed by atoms with Gasteiger partial charge in [0.25, 0.3) is 0 Å². The second-order valence-corrected chi connectivity index (χ2v) is 4.51. The highest BCUT2D eigenvalue weighted by Gasteiger charge is 2.03. The van der Waals surface area contributed by atoms with Gasteiger partial charge in [0.1, 0.15) is 23.5 Å². The number of anilines is 1. The van der Waals surface area contributed by atoms with Crippen molar-refractivity contribution >= 4 is 17.4 Å². The van der Waals surface area contributed by atoms with Crippen molar-refractivity contribution < 1.29 is 0 Å². The summed E-state index contributed by atoms with van der Waals surface area (Å²) >= 11 is 5.99. The van der Waals surface area contributed by atoms with Crippen LogP contribution in [0.1, 0.15) is 5.56 Å². The molecule has 0 spiro atoms. The van der Waals surface area contributed by atoms with Gasteiger partial charge in [0.15, 0.2) is 5.82 Å². The van der Waals surface area contributed by atoms with E-state index < -0.39 is 0 Å². The second-order valence-electron chi connectivity index (χ2n) is 4.11. The Morgan fingerprint density at radius 3 is 2.95 bits per heavy atom. The molecule has 0 saturated heterocycles. The van der Waals surface area contributed by atoms with E-state index in [-0.39, 0.29) is 0 Å². The monoisotopic (exact) mass is 286 g/mol. The molecule has 0 aliphatic heterocycles. The van der Waals surface area contributed by atoms with Crippen molar-refractivity contribution in [2.75, 3.05) is 5.32 Å². The van der Waals surface area contributed by atoms with Crippen molar-refractivity contribution in [1.29, 1.82) is 0 Å². The van der Waals surface area contributed by atoms with Crippen molar-refractivity contribution in [3.8, 4) is 11.4 Å². The maximum absolute atomic E-state index is 5.99. The number of rotatable bonds is 4. The zero-order valence-electron chi connectivity index (χ0n) is 10.4. The van der Waals surface area contributed by atoms with Crippen LogP contribution in [0.15, 0.2) is 43.1 Å². The number of hydrogen-bond acceptors (Lipinski definition) is 5. The van der Waals surface area contributed by atoms with Gasteiger partial charge in [0.05, 0.1) is 6.20 Å². The van der Waals surface area contributed by atoms with Crippen LogP contribution in [0.5, 0.6) is 0 Å². The van der Waals surface area contributed by atoms with E-state index in [0.717, 1.165) is 17.0 Å². The van der Waals surface area contributed by atoms with E-state index in [1.807, 2.05) is 24.3 Å². The molecule has 3 rings (SSSR count). The molecule has 2 aromatic heterocycles. The van der Waals surface area contributed by atoms with Crippen LogP contribution >= 0.6 is 11.6 Å². The Balaban J connectivity index is 1.75. The molecule has 100 valence electrons. The molecule has 0 bridgehead atoms. The second kappa shape index (κ2) is 5.66. The average Bonchev–Trinajstić information content (AvgIpc) is 3.01. The Morgan fingerprint density at radius 1 is 1.20 bits per heavy atom. The van der Waals surface area contributed by atoms with E-state index in [1.54, 1.807) is 6.20 Å². The molecule has 0 saturated carbocycles. The quantitative estimate of drug-likeness (QED) is 0.770. The van der Waals surface area contributed by atoms with Gasteiger partial charge in [-0.15, -0.1) is 0 Å². The first-order valence-electron chi connectivity index (χ1n) is 5.97. The van der Waals surface area contributed by atoms with Crippen LogP contribution in [0.2, 0.25) is 5.02 Å². The van der Waals surface area contributed by atoms with E-state index in [9.17, 15) is 0 Å². The van der Waals surface area contributed by atoms with Gasteiger partial charge >= 0.3 is 0 Å². The lowest BCUT2D eigenvalue weighted by atomic mass is 10.1. The minimum Gasteiger partial charge on any atom is -0.365 e. The number of aromatic amines is 1. The Morgan fingerprint density at radius 2 is 2.15 bits per heavy atom. The summed E-state index contributed by atoms with van der Waals surface area (Å²) in [5, 5.41) is 10.4. The lowest BCUT2D eigenvalue weighted by Gasteiger charge is -2.07. The predicted molar refractivity (Wildman–Crippen MR) is 76.2 cm³/mol. The van der Waals surface area contributed by atoms with Gasteiger partial charge in [-0.3, -0.25) is 5.10 Å². The molecule has 0 amide bonds. The van der Waals surface area contributed by atoms with E-state index in [1.165, 1.54) is 12.7 Å². The first kappa shape index (κ1) is 12.6. The molecule has 2 N–H and O–H groups in total. The van der Waals surface area contributed by atoms with Gasteiger partial charge in [0.2, 0.25) is 0 Å². The third kappa shape index (κ3) is 2.75. The van der Waals surface area contributed by atoms with Crippen molar-refractivity contribution in [1.82, 2.24) is 25.1 Å². The van der Waals surface area contributed by atoms with Crippen LogP contribution in [-0.4, -0.2) is 25.1 Å². The van der Waals surface area contributed by atoms with Gasteiger partial charge in [-0.05, 0) is 11.6 Å². The Bertz CT molecular complexity index is 698. The van der Waals surface area contributed by atoms with Crippen LogP contribution in [0, 0.1) is 0 Å². The lowest BCUT2D eigenvalue weighted by molar-refractivity contribution is 1.08. The fourth-order valence-electron chi connectivity index (χ4n) is 1.80. The molecule has 20 heavy (non-hydrogen) atoms. The van der Waals surface area contributed by atoms with Crippen LogP contribution in [-0.2, 0) is 6.54 Å². The molecular formula is C13H11ClN6. The van der Waals surface area contributed by atoms with Crippen molar-refractivity contribution in [2.24, 2.45) is 0 Å². The molecule has 0 fully saturated rings. The highest BCUT2D eigenvalue weighted by molar-refractivity contribution is 6.32. The Hall–Kier alpha value is -2.47. The highest BCUT2D eigenvalue weighted by atomic mass is 35.5. The third-order valence-corrected chi connectivity index (χ3v) is 3.02. The molecule has 0 aliphatic carbocycles. The first-order chi connectivity index (χ1) is 9.83. The predicted octanol–water partition coefficient (Wildman–Crippen LogP) is 2.53.